The normalized spacial score (nSPS) is 16.9. The van der Waals surface area contributed by atoms with E-state index < -0.39 is 5.91 Å². The zero-order valence-electron chi connectivity index (χ0n) is 16.8. The minimum atomic E-state index is -0.584. The van der Waals surface area contributed by atoms with Crippen molar-refractivity contribution in [1.29, 1.82) is 0 Å². The third-order valence-electron chi connectivity index (χ3n) is 5.48. The van der Waals surface area contributed by atoms with Crippen LogP contribution in [0.25, 0.3) is 28.5 Å². The molecular weight excluding hydrogens is 380 g/mol. The molecular formula is C23H24N4O3. The molecule has 154 valence electrons. The lowest BCUT2D eigenvalue weighted by Gasteiger charge is -2.34. The van der Waals surface area contributed by atoms with Gasteiger partial charge in [-0.1, -0.05) is 30.3 Å². The first-order valence-corrected chi connectivity index (χ1v) is 10.0. The van der Waals surface area contributed by atoms with Gasteiger partial charge in [0.2, 0.25) is 5.91 Å². The molecule has 2 aromatic carbocycles. The highest BCUT2D eigenvalue weighted by Crippen LogP contribution is 2.33. The molecule has 1 atom stereocenters. The van der Waals surface area contributed by atoms with Crippen LogP contribution in [0.4, 0.5) is 0 Å². The van der Waals surface area contributed by atoms with Crippen LogP contribution in [-0.2, 0) is 9.59 Å². The number of nitrogens with zero attached hydrogens (tertiary/aromatic N) is 3. The lowest BCUT2D eigenvalue weighted by Crippen LogP contribution is -2.39. The van der Waals surface area contributed by atoms with Crippen LogP contribution in [-0.4, -0.2) is 44.6 Å². The van der Waals surface area contributed by atoms with Crippen LogP contribution in [0.15, 0.2) is 54.6 Å². The summed E-state index contributed by atoms with van der Waals surface area (Å²) in [5.41, 5.74) is 5.30. The van der Waals surface area contributed by atoms with E-state index in [1.54, 1.807) is 18.5 Å². The number of aromatic nitrogens is 2. The number of hydroxylamine groups is 1. The van der Waals surface area contributed by atoms with Gasteiger partial charge in [-0.3, -0.25) is 14.8 Å². The first-order valence-electron chi connectivity index (χ1n) is 10.0. The van der Waals surface area contributed by atoms with Gasteiger partial charge in [0, 0.05) is 31.7 Å². The van der Waals surface area contributed by atoms with Crippen molar-refractivity contribution in [2.24, 2.45) is 0 Å². The average Bonchev–Trinajstić information content (AvgIpc) is 3.17. The van der Waals surface area contributed by atoms with Gasteiger partial charge in [0.15, 0.2) is 0 Å². The van der Waals surface area contributed by atoms with Crippen molar-refractivity contribution < 1.29 is 14.8 Å². The van der Waals surface area contributed by atoms with Gasteiger partial charge in [-0.05, 0) is 42.7 Å². The molecule has 0 saturated carbocycles. The molecule has 2 heterocycles. The van der Waals surface area contributed by atoms with Crippen LogP contribution < -0.4 is 5.48 Å². The fraction of sp³-hybridized carbons (Fsp3) is 0.261. The summed E-state index contributed by atoms with van der Waals surface area (Å²) in [5, 5.41) is 8.67. The molecule has 1 aromatic heterocycles. The molecule has 1 fully saturated rings. The Labute approximate surface area is 174 Å². The fourth-order valence-corrected chi connectivity index (χ4v) is 4.06. The van der Waals surface area contributed by atoms with Crippen molar-refractivity contribution in [3.8, 4) is 11.4 Å². The van der Waals surface area contributed by atoms with Crippen LogP contribution in [0.1, 0.15) is 31.4 Å². The predicted octanol–water partition coefficient (Wildman–Crippen LogP) is 3.41. The van der Waals surface area contributed by atoms with Crippen molar-refractivity contribution in [2.75, 3.05) is 13.1 Å². The molecule has 7 heteroatoms. The van der Waals surface area contributed by atoms with Crippen LogP contribution in [0.2, 0.25) is 0 Å². The molecule has 1 saturated heterocycles. The first-order chi connectivity index (χ1) is 14.6. The van der Waals surface area contributed by atoms with Crippen molar-refractivity contribution in [3.05, 3.63) is 60.2 Å². The number of amides is 2. The molecule has 1 aliphatic heterocycles. The monoisotopic (exact) mass is 404 g/mol. The van der Waals surface area contributed by atoms with E-state index in [2.05, 4.69) is 10.6 Å². The number of fused-ring (bicyclic) bond motifs is 1. The molecule has 0 spiro atoms. The third-order valence-corrected chi connectivity index (χ3v) is 5.48. The summed E-state index contributed by atoms with van der Waals surface area (Å²) in [5.74, 6) is 0.354. The van der Waals surface area contributed by atoms with Gasteiger partial charge < -0.3 is 9.47 Å². The zero-order chi connectivity index (χ0) is 21.1. The number of rotatable bonds is 4. The number of benzene rings is 2. The molecule has 4 rings (SSSR count). The van der Waals surface area contributed by atoms with Crippen LogP contribution in [0.3, 0.4) is 0 Å². The maximum absolute atomic E-state index is 12.0. The Morgan fingerprint density at radius 2 is 2.03 bits per heavy atom. The number of hydrogen-bond donors (Lipinski definition) is 2. The van der Waals surface area contributed by atoms with Crippen molar-refractivity contribution in [3.63, 3.8) is 0 Å². The van der Waals surface area contributed by atoms with Gasteiger partial charge in [0.1, 0.15) is 5.82 Å². The highest BCUT2D eigenvalue weighted by Gasteiger charge is 2.26. The Morgan fingerprint density at radius 3 is 2.83 bits per heavy atom. The average molecular weight is 404 g/mol. The molecule has 2 amide bonds. The number of imidazole rings is 1. The quantitative estimate of drug-likeness (QED) is 0.396. The van der Waals surface area contributed by atoms with Gasteiger partial charge >= 0.3 is 0 Å². The Hall–Kier alpha value is -3.45. The van der Waals surface area contributed by atoms with Crippen LogP contribution >= 0.6 is 0 Å². The van der Waals surface area contributed by atoms with E-state index in [0.717, 1.165) is 47.4 Å². The van der Waals surface area contributed by atoms with E-state index in [4.69, 9.17) is 10.2 Å². The summed E-state index contributed by atoms with van der Waals surface area (Å²) in [7, 11) is 0. The molecule has 3 aromatic rings. The van der Waals surface area contributed by atoms with E-state index in [1.807, 2.05) is 47.4 Å². The summed E-state index contributed by atoms with van der Waals surface area (Å²) in [6.07, 6.45) is 4.84. The minimum absolute atomic E-state index is 0.0972. The molecule has 1 aliphatic rings. The van der Waals surface area contributed by atoms with Gasteiger partial charge in [-0.15, -0.1) is 0 Å². The lowest BCUT2D eigenvalue weighted by atomic mass is 10.0. The van der Waals surface area contributed by atoms with Gasteiger partial charge in [0.05, 0.1) is 17.1 Å². The maximum Gasteiger partial charge on any atom is 0.267 e. The smallest absolute Gasteiger partial charge is 0.267 e. The van der Waals surface area contributed by atoms with Crippen molar-refractivity contribution in [2.45, 2.75) is 25.8 Å². The second-order valence-corrected chi connectivity index (χ2v) is 7.49. The summed E-state index contributed by atoms with van der Waals surface area (Å²) >= 11 is 0. The summed E-state index contributed by atoms with van der Waals surface area (Å²) in [4.78, 5) is 30.1. The van der Waals surface area contributed by atoms with Gasteiger partial charge in [-0.2, -0.15) is 0 Å². The molecule has 30 heavy (non-hydrogen) atoms. The number of likely N-dealkylation sites (tertiary alicyclic amines) is 1. The predicted molar refractivity (Wildman–Crippen MR) is 115 cm³/mol. The maximum atomic E-state index is 12.0. The second-order valence-electron chi connectivity index (χ2n) is 7.49. The Balaban J connectivity index is 1.78. The minimum Gasteiger partial charge on any atom is -0.341 e. The highest BCUT2D eigenvalue weighted by atomic mass is 16.5. The van der Waals surface area contributed by atoms with Gasteiger partial charge in [-0.25, -0.2) is 10.5 Å². The van der Waals surface area contributed by atoms with Crippen LogP contribution in [0, 0.1) is 0 Å². The van der Waals surface area contributed by atoms with E-state index in [0.29, 0.717) is 6.54 Å². The molecule has 7 nitrogen and oxygen atoms in total. The Morgan fingerprint density at radius 1 is 1.20 bits per heavy atom. The standard InChI is InChI=1S/C23H24N4O3/c1-16(28)26-13-5-8-19(15-26)27-21-10-3-2-9-20(21)24-23(27)18-7-4-6-17(14-18)11-12-22(29)25-30/h2-4,6-7,9-12,14,19,30H,5,8,13,15H2,1H3,(H,25,29)/b12-11+. The summed E-state index contributed by atoms with van der Waals surface area (Å²) < 4.78 is 2.24. The van der Waals surface area contributed by atoms with Gasteiger partial charge in [0.25, 0.3) is 5.91 Å². The molecule has 0 radical (unpaired) electrons. The number of hydrogen-bond acceptors (Lipinski definition) is 4. The van der Waals surface area contributed by atoms with E-state index >= 15 is 0 Å². The Kier molecular flexibility index (Phi) is 5.63. The number of carbonyl (C=O) groups excluding carboxylic acids is 2. The topological polar surface area (TPSA) is 87.5 Å². The fourth-order valence-electron chi connectivity index (χ4n) is 4.06. The number of piperidine rings is 1. The van der Waals surface area contributed by atoms with Crippen LogP contribution in [0.5, 0.6) is 0 Å². The van der Waals surface area contributed by atoms with E-state index in [9.17, 15) is 9.59 Å². The largest absolute Gasteiger partial charge is 0.341 e. The van der Waals surface area contributed by atoms with Crippen molar-refractivity contribution >= 4 is 28.9 Å². The first kappa shape index (κ1) is 19.8. The Bertz CT molecular complexity index is 1120. The molecule has 1 unspecified atom stereocenters. The second kappa shape index (κ2) is 8.51. The third kappa shape index (κ3) is 3.97. The SMILES string of the molecule is CC(=O)N1CCCC(n2c(-c3cccc(/C=C/C(=O)NO)c3)nc3ccccc32)C1. The number of nitrogens with one attached hydrogen (secondary N) is 1. The zero-order valence-corrected chi connectivity index (χ0v) is 16.8. The highest BCUT2D eigenvalue weighted by molar-refractivity contribution is 5.91. The lowest BCUT2D eigenvalue weighted by molar-refractivity contribution is -0.130. The summed E-state index contributed by atoms with van der Waals surface area (Å²) in [6, 6.07) is 15.9. The number of para-hydroxylation sites is 2. The molecule has 0 bridgehead atoms. The molecule has 0 aliphatic carbocycles. The van der Waals surface area contributed by atoms with E-state index in [-0.39, 0.29) is 11.9 Å². The molecule has 2 N–H and O–H groups in total. The van der Waals surface area contributed by atoms with Crippen molar-refractivity contribution in [1.82, 2.24) is 19.9 Å². The number of carbonyl (C=O) groups is 2. The summed E-state index contributed by atoms with van der Waals surface area (Å²) in [6.45, 7) is 3.08. The van der Waals surface area contributed by atoms with E-state index in [1.165, 1.54) is 6.08 Å².